The molecule has 0 unspecified atom stereocenters. The van der Waals surface area contributed by atoms with Crippen LogP contribution in [-0.2, 0) is 14.3 Å². The Morgan fingerprint density at radius 2 is 1.86 bits per heavy atom. The summed E-state index contributed by atoms with van der Waals surface area (Å²) in [6, 6.07) is 9.41. The molecule has 1 fully saturated rings. The molecule has 2 amide bonds. The molecule has 3 rings (SSSR count). The topological polar surface area (TPSA) is 111 Å². The van der Waals surface area contributed by atoms with Gasteiger partial charge in [-0.05, 0) is 44.2 Å². The highest BCUT2D eigenvalue weighted by atomic mass is 32.1. The van der Waals surface area contributed by atoms with Crippen molar-refractivity contribution < 1.29 is 19.1 Å². The van der Waals surface area contributed by atoms with Crippen LogP contribution >= 0.6 is 11.3 Å². The quantitative estimate of drug-likeness (QED) is 0.556. The number of nitrogens with zero attached hydrogens (tertiary/aromatic N) is 1. The van der Waals surface area contributed by atoms with Gasteiger partial charge in [-0.1, -0.05) is 48.1 Å². The van der Waals surface area contributed by atoms with Crippen LogP contribution in [0, 0.1) is 6.92 Å². The third-order valence-corrected chi connectivity index (χ3v) is 5.89. The van der Waals surface area contributed by atoms with Gasteiger partial charge >= 0.3 is 5.97 Å². The molecule has 1 aliphatic carbocycles. The summed E-state index contributed by atoms with van der Waals surface area (Å²) in [5.41, 5.74) is 5.59. The van der Waals surface area contributed by atoms with Crippen LogP contribution in [-0.4, -0.2) is 28.4 Å². The zero-order valence-corrected chi connectivity index (χ0v) is 17.0. The van der Waals surface area contributed by atoms with Crippen LogP contribution in [0.5, 0.6) is 0 Å². The normalized spacial score (nSPS) is 15.8. The number of nitrogens with two attached hydrogens (primary N) is 1. The van der Waals surface area contributed by atoms with Crippen LogP contribution in [0.25, 0.3) is 6.08 Å². The number of nitrogens with one attached hydrogen (secondary N) is 1. The van der Waals surface area contributed by atoms with Crippen molar-refractivity contribution in [2.75, 3.05) is 5.32 Å². The summed E-state index contributed by atoms with van der Waals surface area (Å²) < 4.78 is 5.56. The second-order valence-electron chi connectivity index (χ2n) is 6.98. The lowest BCUT2D eigenvalue weighted by atomic mass is 9.84. The van der Waals surface area contributed by atoms with E-state index in [2.05, 4.69) is 10.3 Å². The smallest absolute Gasteiger partial charge is 0.351 e. The molecule has 1 aromatic heterocycles. The van der Waals surface area contributed by atoms with Gasteiger partial charge in [-0.15, -0.1) is 0 Å². The van der Waals surface area contributed by atoms with Gasteiger partial charge in [0.05, 0.1) is 5.69 Å². The number of rotatable bonds is 6. The maximum absolute atomic E-state index is 12.7. The number of esters is 1. The first-order valence-corrected chi connectivity index (χ1v) is 10.3. The molecule has 0 radical (unpaired) electrons. The lowest BCUT2D eigenvalue weighted by molar-refractivity contribution is -0.140. The van der Waals surface area contributed by atoms with Gasteiger partial charge in [0.25, 0.3) is 5.91 Å². The summed E-state index contributed by atoms with van der Waals surface area (Å²) in [7, 11) is 0. The standard InChI is InChI=1S/C21H23N3O4S/c1-14-17(18(26)28-21(19(22)27)12-6-3-7-13-21)29-20(23-14)24-16(25)11-10-15-8-4-2-5-9-15/h2,4-5,8-11H,3,6-7,12-13H2,1H3,(H2,22,27)(H,23,24,25). The number of carbonyl (C=O) groups excluding carboxylic acids is 3. The summed E-state index contributed by atoms with van der Waals surface area (Å²) >= 11 is 1.01. The van der Waals surface area contributed by atoms with Crippen LogP contribution in [0.2, 0.25) is 0 Å². The third kappa shape index (κ3) is 5.08. The summed E-state index contributed by atoms with van der Waals surface area (Å²) in [5.74, 6) is -1.61. The molecule has 8 heteroatoms. The van der Waals surface area contributed by atoms with Crippen molar-refractivity contribution >= 4 is 40.3 Å². The van der Waals surface area contributed by atoms with Crippen molar-refractivity contribution in [3.8, 4) is 0 Å². The molecule has 3 N–H and O–H groups in total. The second-order valence-corrected chi connectivity index (χ2v) is 7.97. The average molecular weight is 413 g/mol. The first kappa shape index (κ1) is 20.7. The average Bonchev–Trinajstić information content (AvgIpc) is 3.08. The molecule has 0 saturated heterocycles. The molecule has 7 nitrogen and oxygen atoms in total. The number of hydrogen-bond donors (Lipinski definition) is 2. The summed E-state index contributed by atoms with van der Waals surface area (Å²) in [4.78, 5) is 41.2. The molecule has 152 valence electrons. The van der Waals surface area contributed by atoms with Gasteiger partial charge in [0.2, 0.25) is 5.91 Å². The van der Waals surface area contributed by atoms with E-state index in [0.29, 0.717) is 18.5 Å². The largest absolute Gasteiger partial charge is 0.445 e. The van der Waals surface area contributed by atoms with E-state index in [4.69, 9.17) is 10.5 Å². The highest BCUT2D eigenvalue weighted by Gasteiger charge is 2.42. The molecular formula is C21H23N3O4S. The van der Waals surface area contributed by atoms with Gasteiger partial charge in [0, 0.05) is 6.08 Å². The first-order valence-electron chi connectivity index (χ1n) is 9.44. The number of hydrogen-bond acceptors (Lipinski definition) is 6. The zero-order chi connectivity index (χ0) is 20.9. The highest BCUT2D eigenvalue weighted by Crippen LogP contribution is 2.34. The number of primary amides is 1. The maximum Gasteiger partial charge on any atom is 0.351 e. The second kappa shape index (κ2) is 9.00. The van der Waals surface area contributed by atoms with Gasteiger partial charge in [-0.2, -0.15) is 0 Å². The zero-order valence-electron chi connectivity index (χ0n) is 16.1. The molecule has 0 aliphatic heterocycles. The minimum atomic E-state index is -1.26. The Morgan fingerprint density at radius 1 is 1.17 bits per heavy atom. The number of carbonyl (C=O) groups is 3. The fraction of sp³-hybridized carbons (Fsp3) is 0.333. The lowest BCUT2D eigenvalue weighted by Gasteiger charge is -2.33. The molecule has 1 heterocycles. The molecule has 0 spiro atoms. The Balaban J connectivity index is 1.67. The van der Waals surface area contributed by atoms with E-state index >= 15 is 0 Å². The summed E-state index contributed by atoms with van der Waals surface area (Å²) in [6.07, 6.45) is 6.50. The van der Waals surface area contributed by atoms with E-state index in [-0.39, 0.29) is 15.9 Å². The first-order chi connectivity index (χ1) is 13.9. The van der Waals surface area contributed by atoms with Crippen LogP contribution in [0.1, 0.15) is 53.0 Å². The van der Waals surface area contributed by atoms with Crippen LogP contribution < -0.4 is 11.1 Å². The minimum Gasteiger partial charge on any atom is -0.445 e. The van der Waals surface area contributed by atoms with Crippen LogP contribution in [0.15, 0.2) is 36.4 Å². The summed E-state index contributed by atoms with van der Waals surface area (Å²) in [5, 5.41) is 2.93. The fourth-order valence-corrected chi connectivity index (χ4v) is 4.11. The molecule has 1 aliphatic rings. The van der Waals surface area contributed by atoms with Crippen molar-refractivity contribution in [3.05, 3.63) is 52.5 Å². The van der Waals surface area contributed by atoms with Gasteiger partial charge in [-0.25, -0.2) is 9.78 Å². The third-order valence-electron chi connectivity index (χ3n) is 4.84. The Morgan fingerprint density at radius 3 is 2.52 bits per heavy atom. The Hall–Kier alpha value is -3.00. The maximum atomic E-state index is 12.7. The Kier molecular flexibility index (Phi) is 6.43. The Labute approximate surface area is 173 Å². The minimum absolute atomic E-state index is 0.249. The molecule has 0 bridgehead atoms. The number of aromatic nitrogens is 1. The van der Waals surface area contributed by atoms with E-state index < -0.39 is 17.5 Å². The van der Waals surface area contributed by atoms with E-state index in [1.54, 1.807) is 13.0 Å². The van der Waals surface area contributed by atoms with E-state index in [1.165, 1.54) is 6.08 Å². The van der Waals surface area contributed by atoms with Crippen molar-refractivity contribution in [1.29, 1.82) is 0 Å². The van der Waals surface area contributed by atoms with Crippen molar-refractivity contribution in [3.63, 3.8) is 0 Å². The number of benzene rings is 1. The van der Waals surface area contributed by atoms with E-state index in [1.807, 2.05) is 30.3 Å². The monoisotopic (exact) mass is 413 g/mol. The number of aryl methyl sites for hydroxylation is 1. The predicted molar refractivity (Wildman–Crippen MR) is 111 cm³/mol. The van der Waals surface area contributed by atoms with Gasteiger partial charge in [-0.3, -0.25) is 14.9 Å². The van der Waals surface area contributed by atoms with E-state index in [0.717, 1.165) is 36.2 Å². The predicted octanol–water partition coefficient (Wildman–Crippen LogP) is 3.45. The van der Waals surface area contributed by atoms with E-state index in [9.17, 15) is 14.4 Å². The molecule has 0 atom stereocenters. The SMILES string of the molecule is Cc1nc(NC(=O)C=Cc2ccccc2)sc1C(=O)OC1(C(N)=O)CCCCC1. The number of anilines is 1. The van der Waals surface area contributed by atoms with Crippen LogP contribution in [0.4, 0.5) is 5.13 Å². The lowest BCUT2D eigenvalue weighted by Crippen LogP contribution is -2.49. The molecule has 1 aromatic carbocycles. The van der Waals surface area contributed by atoms with Crippen LogP contribution in [0.3, 0.4) is 0 Å². The molecule has 1 saturated carbocycles. The molecular weight excluding hydrogens is 390 g/mol. The number of amides is 2. The summed E-state index contributed by atoms with van der Waals surface area (Å²) in [6.45, 7) is 1.65. The van der Waals surface area contributed by atoms with Crippen molar-refractivity contribution in [1.82, 2.24) is 4.98 Å². The number of ether oxygens (including phenoxy) is 1. The molecule has 29 heavy (non-hydrogen) atoms. The molecule has 2 aromatic rings. The van der Waals surface area contributed by atoms with Crippen molar-refractivity contribution in [2.24, 2.45) is 5.73 Å². The highest BCUT2D eigenvalue weighted by molar-refractivity contribution is 7.17. The fourth-order valence-electron chi connectivity index (χ4n) is 3.27. The van der Waals surface area contributed by atoms with Gasteiger partial charge in [0.1, 0.15) is 4.88 Å². The van der Waals surface area contributed by atoms with Gasteiger partial charge < -0.3 is 10.5 Å². The van der Waals surface area contributed by atoms with Gasteiger partial charge in [0.15, 0.2) is 10.7 Å². The Bertz CT molecular complexity index is 931. The van der Waals surface area contributed by atoms with Crippen molar-refractivity contribution in [2.45, 2.75) is 44.6 Å². The number of thiazole rings is 1.